The molecule has 0 aromatic heterocycles. The van der Waals surface area contributed by atoms with Crippen molar-refractivity contribution in [3.8, 4) is 5.75 Å². The van der Waals surface area contributed by atoms with E-state index >= 15 is 0 Å². The summed E-state index contributed by atoms with van der Waals surface area (Å²) in [4.78, 5) is 4.52. The van der Waals surface area contributed by atoms with Crippen molar-refractivity contribution in [3.63, 3.8) is 0 Å². The average Bonchev–Trinajstić information content (AvgIpc) is 2.57. The zero-order chi connectivity index (χ0) is 18.7. The van der Waals surface area contributed by atoms with E-state index in [0.29, 0.717) is 24.3 Å². The molecule has 1 unspecified atom stereocenters. The van der Waals surface area contributed by atoms with Crippen molar-refractivity contribution >= 4 is 29.9 Å². The molecule has 1 rings (SSSR count). The van der Waals surface area contributed by atoms with Crippen LogP contribution in [0.1, 0.15) is 39.2 Å². The van der Waals surface area contributed by atoms with Crippen molar-refractivity contribution in [2.75, 3.05) is 26.8 Å². The molecule has 0 aliphatic carbocycles. The Kier molecular flexibility index (Phi) is 13.4. The molecule has 0 spiro atoms. The molecule has 0 aliphatic heterocycles. The van der Waals surface area contributed by atoms with E-state index in [-0.39, 0.29) is 42.2 Å². The molecule has 0 aliphatic rings. The predicted octanol–water partition coefficient (Wildman–Crippen LogP) is 3.55. The highest BCUT2D eigenvalue weighted by Gasteiger charge is 2.11. The van der Waals surface area contributed by atoms with E-state index in [9.17, 15) is 9.50 Å². The Balaban J connectivity index is 0.00000625. The van der Waals surface area contributed by atoms with Gasteiger partial charge in [-0.05, 0) is 49.3 Å². The fourth-order valence-corrected chi connectivity index (χ4v) is 2.71. The van der Waals surface area contributed by atoms with E-state index in [1.54, 1.807) is 6.07 Å². The van der Waals surface area contributed by atoms with Crippen LogP contribution < -0.4 is 15.4 Å². The molecule has 3 N–H and O–H groups in total. The first kappa shape index (κ1) is 24.9. The minimum absolute atomic E-state index is 0. The molecule has 0 heterocycles. The van der Waals surface area contributed by atoms with Gasteiger partial charge >= 0.3 is 0 Å². The number of guanidine groups is 1. The third-order valence-electron chi connectivity index (χ3n) is 3.88. The standard InChI is InChI=1S/C19H32FN3O2.HI/c1-5-21-19(23-13-16(8-9-24)10-14(2)3)22-12-15-6-7-18(25-4)17(20)11-15;/h6-7,11,14,16,24H,5,8-10,12-13H2,1-4H3,(H2,21,22,23);1H. The lowest BCUT2D eigenvalue weighted by molar-refractivity contribution is 0.243. The molecule has 0 saturated carbocycles. The number of aliphatic hydroxyl groups excluding tert-OH is 1. The van der Waals surface area contributed by atoms with E-state index in [2.05, 4.69) is 29.5 Å². The van der Waals surface area contributed by atoms with Crippen molar-refractivity contribution in [2.45, 2.75) is 40.2 Å². The van der Waals surface area contributed by atoms with Crippen LogP contribution in [0, 0.1) is 17.7 Å². The van der Waals surface area contributed by atoms with Gasteiger partial charge in [0.2, 0.25) is 0 Å². The van der Waals surface area contributed by atoms with Crippen LogP contribution >= 0.6 is 24.0 Å². The molecule has 150 valence electrons. The van der Waals surface area contributed by atoms with Gasteiger partial charge in [-0.15, -0.1) is 24.0 Å². The highest BCUT2D eigenvalue weighted by atomic mass is 127. The number of hydrogen-bond donors (Lipinski definition) is 3. The Labute approximate surface area is 173 Å². The molecule has 7 heteroatoms. The van der Waals surface area contributed by atoms with Crippen LogP contribution in [-0.2, 0) is 6.54 Å². The van der Waals surface area contributed by atoms with Crippen LogP contribution in [0.4, 0.5) is 4.39 Å². The topological polar surface area (TPSA) is 65.9 Å². The Bertz CT molecular complexity index is 542. The number of hydrogen-bond acceptors (Lipinski definition) is 3. The maximum atomic E-state index is 13.8. The Morgan fingerprint density at radius 2 is 2.04 bits per heavy atom. The van der Waals surface area contributed by atoms with E-state index in [1.165, 1.54) is 13.2 Å². The maximum absolute atomic E-state index is 13.8. The average molecular weight is 481 g/mol. The Morgan fingerprint density at radius 1 is 1.31 bits per heavy atom. The van der Waals surface area contributed by atoms with Crippen molar-refractivity contribution in [2.24, 2.45) is 16.8 Å². The van der Waals surface area contributed by atoms with Gasteiger partial charge in [0.05, 0.1) is 13.7 Å². The van der Waals surface area contributed by atoms with Gasteiger partial charge in [-0.25, -0.2) is 9.38 Å². The van der Waals surface area contributed by atoms with Gasteiger partial charge in [-0.2, -0.15) is 0 Å². The van der Waals surface area contributed by atoms with Crippen LogP contribution in [-0.4, -0.2) is 37.9 Å². The Hall–Kier alpha value is -1.09. The summed E-state index contributed by atoms with van der Waals surface area (Å²) in [5.74, 6) is 1.53. The molecule has 0 saturated heterocycles. The molecule has 0 radical (unpaired) electrons. The second-order valence-corrected chi connectivity index (χ2v) is 6.55. The van der Waals surface area contributed by atoms with Crippen molar-refractivity contribution in [1.82, 2.24) is 10.6 Å². The van der Waals surface area contributed by atoms with E-state index in [1.807, 2.05) is 13.0 Å². The molecule has 5 nitrogen and oxygen atoms in total. The molecule has 1 atom stereocenters. The molecule has 1 aromatic rings. The number of ether oxygens (including phenoxy) is 1. The van der Waals surface area contributed by atoms with Gasteiger partial charge in [0.15, 0.2) is 17.5 Å². The van der Waals surface area contributed by atoms with E-state index in [0.717, 1.165) is 31.5 Å². The van der Waals surface area contributed by atoms with Crippen LogP contribution in [0.25, 0.3) is 0 Å². The van der Waals surface area contributed by atoms with Crippen LogP contribution in [0.3, 0.4) is 0 Å². The summed E-state index contributed by atoms with van der Waals surface area (Å²) in [6.45, 7) is 8.44. The molecular formula is C19H33FIN3O2. The summed E-state index contributed by atoms with van der Waals surface area (Å²) in [5, 5.41) is 15.7. The van der Waals surface area contributed by atoms with Crippen molar-refractivity contribution in [1.29, 1.82) is 0 Å². The number of nitrogens with one attached hydrogen (secondary N) is 2. The summed E-state index contributed by atoms with van der Waals surface area (Å²) in [6.07, 6.45) is 1.82. The Morgan fingerprint density at radius 3 is 2.58 bits per heavy atom. The number of nitrogens with zero attached hydrogens (tertiary/aromatic N) is 1. The molecule has 0 amide bonds. The van der Waals surface area contributed by atoms with Gasteiger partial charge in [-0.1, -0.05) is 19.9 Å². The van der Waals surface area contributed by atoms with E-state index in [4.69, 9.17) is 4.74 Å². The zero-order valence-corrected chi connectivity index (χ0v) is 18.5. The van der Waals surface area contributed by atoms with E-state index < -0.39 is 0 Å². The zero-order valence-electron chi connectivity index (χ0n) is 16.2. The predicted molar refractivity (Wildman–Crippen MR) is 116 cm³/mol. The first-order valence-electron chi connectivity index (χ1n) is 8.95. The molecule has 0 fully saturated rings. The first-order chi connectivity index (χ1) is 12.0. The minimum Gasteiger partial charge on any atom is -0.494 e. The van der Waals surface area contributed by atoms with Gasteiger partial charge in [0.25, 0.3) is 0 Å². The molecule has 26 heavy (non-hydrogen) atoms. The fourth-order valence-electron chi connectivity index (χ4n) is 2.71. The fraction of sp³-hybridized carbons (Fsp3) is 0.632. The maximum Gasteiger partial charge on any atom is 0.191 e. The van der Waals surface area contributed by atoms with Crippen LogP contribution in [0.5, 0.6) is 5.75 Å². The quantitative estimate of drug-likeness (QED) is 0.272. The summed E-state index contributed by atoms with van der Waals surface area (Å²) >= 11 is 0. The van der Waals surface area contributed by atoms with Crippen LogP contribution in [0.2, 0.25) is 0 Å². The largest absolute Gasteiger partial charge is 0.494 e. The molecule has 0 bridgehead atoms. The number of methoxy groups -OCH3 is 1. The second-order valence-electron chi connectivity index (χ2n) is 6.55. The van der Waals surface area contributed by atoms with Crippen molar-refractivity contribution in [3.05, 3.63) is 29.6 Å². The van der Waals surface area contributed by atoms with Gasteiger partial charge in [-0.3, -0.25) is 0 Å². The smallest absolute Gasteiger partial charge is 0.191 e. The number of aliphatic hydroxyl groups is 1. The summed E-state index contributed by atoms with van der Waals surface area (Å²) in [6, 6.07) is 4.86. The third kappa shape index (κ3) is 9.56. The summed E-state index contributed by atoms with van der Waals surface area (Å²) in [7, 11) is 1.45. The number of aliphatic imine (C=N–C) groups is 1. The lowest BCUT2D eigenvalue weighted by atomic mass is 9.94. The monoisotopic (exact) mass is 481 g/mol. The van der Waals surface area contributed by atoms with Crippen LogP contribution in [0.15, 0.2) is 23.2 Å². The van der Waals surface area contributed by atoms with Gasteiger partial charge < -0.3 is 20.5 Å². The summed E-state index contributed by atoms with van der Waals surface area (Å²) in [5.41, 5.74) is 0.782. The first-order valence-corrected chi connectivity index (χ1v) is 8.95. The third-order valence-corrected chi connectivity index (χ3v) is 3.88. The SMILES string of the molecule is CCNC(=NCc1ccc(OC)c(F)c1)NCC(CCO)CC(C)C.I. The highest BCUT2D eigenvalue weighted by molar-refractivity contribution is 14.0. The number of halogens is 2. The highest BCUT2D eigenvalue weighted by Crippen LogP contribution is 2.18. The second kappa shape index (κ2) is 14.0. The lowest BCUT2D eigenvalue weighted by Gasteiger charge is -2.20. The normalized spacial score (nSPS) is 12.5. The molecule has 1 aromatic carbocycles. The summed E-state index contributed by atoms with van der Waals surface area (Å²) < 4.78 is 18.7. The lowest BCUT2D eigenvalue weighted by Crippen LogP contribution is -2.40. The van der Waals surface area contributed by atoms with Crippen molar-refractivity contribution < 1.29 is 14.2 Å². The minimum atomic E-state index is -0.381. The number of rotatable bonds is 10. The molecular weight excluding hydrogens is 448 g/mol. The van der Waals surface area contributed by atoms with Gasteiger partial charge in [0.1, 0.15) is 0 Å². The van der Waals surface area contributed by atoms with Gasteiger partial charge in [0, 0.05) is 19.7 Å². The number of benzene rings is 1.